The number of para-hydroxylation sites is 2. The number of fused-ring (bicyclic) bond motifs is 8. The van der Waals surface area contributed by atoms with E-state index in [0.29, 0.717) is 0 Å². The minimum Gasteiger partial charge on any atom is -0.310 e. The average Bonchev–Trinajstić information content (AvgIpc) is 3.25. The Morgan fingerprint density at radius 2 is 1.34 bits per heavy atom. The highest BCUT2D eigenvalue weighted by Gasteiger charge is 2.44. The van der Waals surface area contributed by atoms with Gasteiger partial charge < -0.3 is 4.57 Å². The summed E-state index contributed by atoms with van der Waals surface area (Å²) in [7, 11) is 0. The largest absolute Gasteiger partial charge is 0.310 e. The Morgan fingerprint density at radius 3 is 2.23 bits per heavy atom. The third kappa shape index (κ3) is 2.35. The molecule has 1 aromatic heterocycles. The fraction of sp³-hybridized carbons (Fsp3) is 0.0909. The molecule has 0 saturated heterocycles. The van der Waals surface area contributed by atoms with Crippen LogP contribution in [0.15, 0.2) is 109 Å². The normalized spacial score (nSPS) is 14.7. The van der Waals surface area contributed by atoms with E-state index in [1.165, 1.54) is 66.1 Å². The predicted molar refractivity (Wildman–Crippen MR) is 149 cm³/mol. The summed E-state index contributed by atoms with van der Waals surface area (Å²) in [5.41, 5.74) is 13.7. The van der Waals surface area contributed by atoms with Gasteiger partial charge in [0.15, 0.2) is 0 Å². The van der Waals surface area contributed by atoms with Gasteiger partial charge in [0.1, 0.15) is 0 Å². The van der Waals surface area contributed by atoms with E-state index >= 15 is 0 Å². The van der Waals surface area contributed by atoms with Gasteiger partial charge in [-0.2, -0.15) is 0 Å². The second-order valence-electron chi connectivity index (χ2n) is 10.6. The van der Waals surface area contributed by atoms with Crippen LogP contribution in [0.3, 0.4) is 0 Å². The molecule has 5 aromatic carbocycles. The molecule has 0 amide bonds. The average molecular weight is 445 g/mol. The zero-order valence-electron chi connectivity index (χ0n) is 19.9. The molecule has 2 aliphatic rings. The van der Waals surface area contributed by atoms with Gasteiger partial charge in [-0.05, 0) is 45.3 Å². The van der Waals surface area contributed by atoms with Crippen LogP contribution in [0.4, 0.5) is 0 Å². The highest BCUT2D eigenvalue weighted by Crippen LogP contribution is 2.41. The number of hydrogen-bond acceptors (Lipinski definition) is 0. The standard InChI is InChI=1S/C33H24BN/c1-33(2)25-18-16-22(21-10-4-3-5-11-21)20-28(25)34-27-13-7-9-15-30(27)35-29-14-8-6-12-23(29)24-17-19-26(33)31(34)32(24)35/h3-20H,1-2H3. The van der Waals surface area contributed by atoms with Crippen molar-refractivity contribution in [2.45, 2.75) is 19.3 Å². The molecule has 0 bridgehead atoms. The summed E-state index contributed by atoms with van der Waals surface area (Å²) in [6, 6.07) is 40.6. The van der Waals surface area contributed by atoms with Gasteiger partial charge in [-0.15, -0.1) is 0 Å². The highest BCUT2D eigenvalue weighted by atomic mass is 15.0. The summed E-state index contributed by atoms with van der Waals surface area (Å²) in [4.78, 5) is 0. The first-order chi connectivity index (χ1) is 17.1. The lowest BCUT2D eigenvalue weighted by Crippen LogP contribution is -2.63. The summed E-state index contributed by atoms with van der Waals surface area (Å²) < 4.78 is 2.53. The minimum absolute atomic E-state index is 0.0713. The van der Waals surface area contributed by atoms with Gasteiger partial charge in [0.05, 0.1) is 5.52 Å². The van der Waals surface area contributed by atoms with E-state index in [9.17, 15) is 0 Å². The van der Waals surface area contributed by atoms with E-state index in [-0.39, 0.29) is 12.1 Å². The first-order valence-electron chi connectivity index (χ1n) is 12.5. The molecule has 0 unspecified atom stereocenters. The van der Waals surface area contributed by atoms with Crippen molar-refractivity contribution >= 4 is 44.9 Å². The first-order valence-corrected chi connectivity index (χ1v) is 12.5. The minimum atomic E-state index is -0.0713. The summed E-state index contributed by atoms with van der Waals surface area (Å²) >= 11 is 0. The van der Waals surface area contributed by atoms with E-state index in [2.05, 4.69) is 128 Å². The van der Waals surface area contributed by atoms with Crippen molar-refractivity contribution in [1.29, 1.82) is 0 Å². The van der Waals surface area contributed by atoms with Crippen LogP contribution in [0.2, 0.25) is 0 Å². The summed E-state index contributed by atoms with van der Waals surface area (Å²) in [5.74, 6) is 0. The molecule has 2 heteroatoms. The molecule has 0 fully saturated rings. The van der Waals surface area contributed by atoms with Crippen molar-refractivity contribution in [2.75, 3.05) is 0 Å². The SMILES string of the molecule is CC1(C)c2ccc(-c3ccccc3)cc2B2c3ccccc3-n3c4ccccc4c4ccc1c2c43. The third-order valence-corrected chi connectivity index (χ3v) is 8.47. The maximum Gasteiger partial charge on any atom is 0.247 e. The second kappa shape index (κ2) is 6.55. The fourth-order valence-corrected chi connectivity index (χ4v) is 6.91. The second-order valence-corrected chi connectivity index (χ2v) is 10.6. The van der Waals surface area contributed by atoms with Crippen molar-refractivity contribution in [3.8, 4) is 16.8 Å². The van der Waals surface area contributed by atoms with Crippen molar-refractivity contribution < 1.29 is 0 Å². The number of aromatic nitrogens is 1. The highest BCUT2D eigenvalue weighted by molar-refractivity contribution is 6.99. The van der Waals surface area contributed by atoms with Crippen molar-refractivity contribution in [3.63, 3.8) is 0 Å². The van der Waals surface area contributed by atoms with Gasteiger partial charge in [-0.1, -0.05) is 116 Å². The van der Waals surface area contributed by atoms with E-state index < -0.39 is 0 Å². The summed E-state index contributed by atoms with van der Waals surface area (Å²) in [5, 5.41) is 2.69. The number of rotatable bonds is 1. The zero-order valence-corrected chi connectivity index (χ0v) is 19.9. The van der Waals surface area contributed by atoms with Gasteiger partial charge in [0.25, 0.3) is 0 Å². The van der Waals surface area contributed by atoms with Gasteiger partial charge in [-0.25, -0.2) is 0 Å². The molecule has 0 atom stereocenters. The molecule has 2 aliphatic heterocycles. The zero-order chi connectivity index (χ0) is 23.3. The molecular formula is C33H24BN. The van der Waals surface area contributed by atoms with Crippen LogP contribution in [0.5, 0.6) is 0 Å². The van der Waals surface area contributed by atoms with Crippen molar-refractivity contribution in [2.24, 2.45) is 0 Å². The Bertz CT molecular complexity index is 1820. The van der Waals surface area contributed by atoms with Gasteiger partial charge in [0.2, 0.25) is 6.71 Å². The molecule has 3 heterocycles. The third-order valence-electron chi connectivity index (χ3n) is 8.47. The maximum atomic E-state index is 2.53. The lowest BCUT2D eigenvalue weighted by Gasteiger charge is -2.41. The molecular weight excluding hydrogens is 421 g/mol. The lowest BCUT2D eigenvalue weighted by atomic mass is 9.30. The Kier molecular flexibility index (Phi) is 3.61. The Hall–Kier alpha value is -4.04. The smallest absolute Gasteiger partial charge is 0.247 e. The van der Waals surface area contributed by atoms with Crippen molar-refractivity contribution in [3.05, 3.63) is 120 Å². The van der Waals surface area contributed by atoms with E-state index in [1.54, 1.807) is 0 Å². The molecule has 164 valence electrons. The lowest BCUT2D eigenvalue weighted by molar-refractivity contribution is 0.646. The van der Waals surface area contributed by atoms with Crippen LogP contribution in [0.25, 0.3) is 38.6 Å². The van der Waals surface area contributed by atoms with Crippen LogP contribution in [0, 0.1) is 0 Å². The maximum absolute atomic E-state index is 2.53. The Balaban J connectivity index is 1.55. The summed E-state index contributed by atoms with van der Waals surface area (Å²) in [6.45, 7) is 5.03. The molecule has 0 N–H and O–H groups in total. The molecule has 0 aliphatic carbocycles. The molecule has 8 rings (SSSR count). The fourth-order valence-electron chi connectivity index (χ4n) is 6.91. The summed E-state index contributed by atoms with van der Waals surface area (Å²) in [6.07, 6.45) is 0. The Morgan fingerprint density at radius 1 is 0.600 bits per heavy atom. The van der Waals surface area contributed by atoms with Crippen LogP contribution in [-0.4, -0.2) is 11.3 Å². The molecule has 0 radical (unpaired) electrons. The van der Waals surface area contributed by atoms with Crippen molar-refractivity contribution in [1.82, 2.24) is 4.57 Å². The van der Waals surface area contributed by atoms with E-state index in [1.807, 2.05) is 0 Å². The number of nitrogens with zero attached hydrogens (tertiary/aromatic N) is 1. The quantitative estimate of drug-likeness (QED) is 0.277. The molecule has 0 saturated carbocycles. The predicted octanol–water partition coefficient (Wildman–Crippen LogP) is 5.92. The van der Waals surface area contributed by atoms with Gasteiger partial charge in [-0.3, -0.25) is 0 Å². The molecule has 0 spiro atoms. The van der Waals surface area contributed by atoms with Crippen LogP contribution < -0.4 is 16.4 Å². The van der Waals surface area contributed by atoms with Crippen LogP contribution >= 0.6 is 0 Å². The van der Waals surface area contributed by atoms with E-state index in [0.717, 1.165) is 0 Å². The number of hydrogen-bond donors (Lipinski definition) is 0. The van der Waals surface area contributed by atoms with Gasteiger partial charge >= 0.3 is 0 Å². The van der Waals surface area contributed by atoms with Crippen LogP contribution in [-0.2, 0) is 5.41 Å². The molecule has 6 aromatic rings. The molecule has 1 nitrogen and oxygen atoms in total. The number of benzene rings is 5. The topological polar surface area (TPSA) is 4.93 Å². The van der Waals surface area contributed by atoms with Crippen LogP contribution in [0.1, 0.15) is 25.0 Å². The van der Waals surface area contributed by atoms with E-state index in [4.69, 9.17) is 0 Å². The monoisotopic (exact) mass is 445 g/mol. The Labute approximate surface area is 205 Å². The van der Waals surface area contributed by atoms with Gasteiger partial charge in [0, 0.05) is 27.4 Å². The molecule has 35 heavy (non-hydrogen) atoms. The first kappa shape index (κ1) is 19.3.